The molecule has 0 fully saturated rings. The van der Waals surface area contributed by atoms with Crippen molar-refractivity contribution < 1.29 is 0 Å². The van der Waals surface area contributed by atoms with E-state index in [1.54, 1.807) is 12.3 Å². The molecule has 0 spiro atoms. The standard InChI is InChI=1S/C14H8ClN3/c15-14-11(7-16)9(5-6-17-14)12-8-18-13-4-2-1-3-10(12)13/h1-6,8,18H. The minimum atomic E-state index is 0.236. The summed E-state index contributed by atoms with van der Waals surface area (Å²) in [5.41, 5.74) is 3.20. The van der Waals surface area contributed by atoms with E-state index in [9.17, 15) is 5.26 Å². The van der Waals surface area contributed by atoms with E-state index in [-0.39, 0.29) is 5.15 Å². The number of H-pyrrole nitrogens is 1. The van der Waals surface area contributed by atoms with Crippen molar-refractivity contribution in [3.63, 3.8) is 0 Å². The lowest BCUT2D eigenvalue weighted by atomic mass is 10.0. The van der Waals surface area contributed by atoms with Crippen LogP contribution in [0.3, 0.4) is 0 Å². The molecule has 3 rings (SSSR count). The van der Waals surface area contributed by atoms with Crippen LogP contribution >= 0.6 is 11.6 Å². The number of pyridine rings is 1. The van der Waals surface area contributed by atoms with Gasteiger partial charge in [-0.1, -0.05) is 29.8 Å². The first-order valence-electron chi connectivity index (χ1n) is 5.42. The molecule has 1 aromatic carbocycles. The second kappa shape index (κ2) is 4.17. The summed E-state index contributed by atoms with van der Waals surface area (Å²) in [5.74, 6) is 0. The Kier molecular flexibility index (Phi) is 2.51. The summed E-state index contributed by atoms with van der Waals surface area (Å²) in [4.78, 5) is 7.12. The molecule has 3 nitrogen and oxygen atoms in total. The molecule has 0 radical (unpaired) electrons. The van der Waals surface area contributed by atoms with Crippen LogP contribution < -0.4 is 0 Å². The Balaban J connectivity index is 2.34. The molecular formula is C14H8ClN3. The van der Waals surface area contributed by atoms with Crippen molar-refractivity contribution in [1.82, 2.24) is 9.97 Å². The number of halogens is 1. The zero-order valence-electron chi connectivity index (χ0n) is 9.31. The van der Waals surface area contributed by atoms with E-state index in [2.05, 4.69) is 16.0 Å². The number of fused-ring (bicyclic) bond motifs is 1. The number of aromatic nitrogens is 2. The van der Waals surface area contributed by atoms with Crippen molar-refractivity contribution in [2.24, 2.45) is 0 Å². The molecule has 1 N–H and O–H groups in total. The van der Waals surface area contributed by atoms with Gasteiger partial charge in [0.2, 0.25) is 0 Å². The van der Waals surface area contributed by atoms with E-state index < -0.39 is 0 Å². The van der Waals surface area contributed by atoms with E-state index in [4.69, 9.17) is 11.6 Å². The van der Waals surface area contributed by atoms with Crippen molar-refractivity contribution in [3.8, 4) is 17.2 Å². The molecule has 2 aromatic heterocycles. The maximum absolute atomic E-state index is 9.19. The summed E-state index contributed by atoms with van der Waals surface area (Å²) < 4.78 is 0. The fourth-order valence-corrected chi connectivity index (χ4v) is 2.26. The van der Waals surface area contributed by atoms with Gasteiger partial charge in [-0.05, 0) is 12.1 Å². The van der Waals surface area contributed by atoms with Gasteiger partial charge in [0.15, 0.2) is 0 Å². The Morgan fingerprint density at radius 3 is 2.83 bits per heavy atom. The van der Waals surface area contributed by atoms with Gasteiger partial charge in [-0.2, -0.15) is 5.26 Å². The van der Waals surface area contributed by atoms with Crippen molar-refractivity contribution in [2.75, 3.05) is 0 Å². The molecule has 3 aromatic rings. The zero-order chi connectivity index (χ0) is 12.5. The molecular weight excluding hydrogens is 246 g/mol. The lowest BCUT2D eigenvalue weighted by molar-refractivity contribution is 1.30. The highest BCUT2D eigenvalue weighted by molar-refractivity contribution is 6.31. The zero-order valence-corrected chi connectivity index (χ0v) is 10.1. The lowest BCUT2D eigenvalue weighted by Gasteiger charge is -2.03. The first-order chi connectivity index (χ1) is 8.81. The minimum Gasteiger partial charge on any atom is -0.361 e. The Hall–Kier alpha value is -2.31. The number of para-hydroxylation sites is 1. The third-order valence-corrected chi connectivity index (χ3v) is 3.18. The molecule has 0 saturated heterocycles. The number of aromatic amines is 1. The van der Waals surface area contributed by atoms with E-state index >= 15 is 0 Å². The number of nitrogens with zero attached hydrogens (tertiary/aromatic N) is 2. The molecule has 4 heteroatoms. The Bertz CT molecular complexity index is 768. The molecule has 0 saturated carbocycles. The van der Waals surface area contributed by atoms with Crippen LogP contribution in [-0.2, 0) is 0 Å². The molecule has 0 aliphatic carbocycles. The molecule has 0 bridgehead atoms. The third kappa shape index (κ3) is 1.55. The summed E-state index contributed by atoms with van der Waals surface area (Å²) in [7, 11) is 0. The number of benzene rings is 1. The maximum Gasteiger partial charge on any atom is 0.147 e. The van der Waals surface area contributed by atoms with Crippen LogP contribution in [0.4, 0.5) is 0 Å². The summed E-state index contributed by atoms with van der Waals surface area (Å²) in [6, 6.07) is 11.9. The number of nitrogens with one attached hydrogen (secondary N) is 1. The van der Waals surface area contributed by atoms with Gasteiger partial charge >= 0.3 is 0 Å². The van der Waals surface area contributed by atoms with E-state index in [0.29, 0.717) is 5.56 Å². The number of hydrogen-bond donors (Lipinski definition) is 1. The first-order valence-corrected chi connectivity index (χ1v) is 5.80. The van der Waals surface area contributed by atoms with Crippen LogP contribution in [0.2, 0.25) is 5.15 Å². The van der Waals surface area contributed by atoms with E-state index in [0.717, 1.165) is 22.0 Å². The number of nitriles is 1. The first kappa shape index (κ1) is 10.8. The van der Waals surface area contributed by atoms with Gasteiger partial charge in [-0.25, -0.2) is 4.98 Å². The van der Waals surface area contributed by atoms with Gasteiger partial charge in [-0.3, -0.25) is 0 Å². The quantitative estimate of drug-likeness (QED) is 0.672. The van der Waals surface area contributed by atoms with Crippen LogP contribution in [0.5, 0.6) is 0 Å². The molecule has 0 unspecified atom stereocenters. The molecule has 18 heavy (non-hydrogen) atoms. The van der Waals surface area contributed by atoms with Crippen molar-refractivity contribution in [3.05, 3.63) is 53.4 Å². The van der Waals surface area contributed by atoms with Crippen molar-refractivity contribution in [2.45, 2.75) is 0 Å². The largest absolute Gasteiger partial charge is 0.361 e. The molecule has 0 atom stereocenters. The highest BCUT2D eigenvalue weighted by Gasteiger charge is 2.12. The SMILES string of the molecule is N#Cc1c(-c2c[nH]c3ccccc23)ccnc1Cl. The number of hydrogen-bond acceptors (Lipinski definition) is 2. The van der Waals surface area contributed by atoms with Crippen LogP contribution in [0, 0.1) is 11.3 Å². The van der Waals surface area contributed by atoms with Gasteiger partial charge in [0, 0.05) is 34.4 Å². The molecule has 86 valence electrons. The van der Waals surface area contributed by atoms with Gasteiger partial charge in [0.25, 0.3) is 0 Å². The van der Waals surface area contributed by atoms with Gasteiger partial charge in [0.1, 0.15) is 11.2 Å². The van der Waals surface area contributed by atoms with Gasteiger partial charge in [-0.15, -0.1) is 0 Å². The highest BCUT2D eigenvalue weighted by atomic mass is 35.5. The monoisotopic (exact) mass is 253 g/mol. The Morgan fingerprint density at radius 1 is 1.17 bits per heavy atom. The third-order valence-electron chi connectivity index (χ3n) is 2.90. The maximum atomic E-state index is 9.19. The molecule has 0 amide bonds. The summed E-state index contributed by atoms with van der Waals surface area (Å²) >= 11 is 5.95. The molecule has 2 heterocycles. The second-order valence-electron chi connectivity index (χ2n) is 3.88. The van der Waals surface area contributed by atoms with Crippen LogP contribution in [0.15, 0.2) is 42.7 Å². The second-order valence-corrected chi connectivity index (χ2v) is 4.24. The Morgan fingerprint density at radius 2 is 2.00 bits per heavy atom. The fourth-order valence-electron chi connectivity index (χ4n) is 2.06. The van der Waals surface area contributed by atoms with E-state index in [1.165, 1.54) is 0 Å². The van der Waals surface area contributed by atoms with Crippen molar-refractivity contribution in [1.29, 1.82) is 5.26 Å². The predicted molar refractivity (Wildman–Crippen MR) is 71.3 cm³/mol. The van der Waals surface area contributed by atoms with Gasteiger partial charge < -0.3 is 4.98 Å². The van der Waals surface area contributed by atoms with Crippen LogP contribution in [0.25, 0.3) is 22.0 Å². The molecule has 0 aliphatic rings. The normalized spacial score (nSPS) is 10.4. The minimum absolute atomic E-state index is 0.236. The van der Waals surface area contributed by atoms with Crippen molar-refractivity contribution >= 4 is 22.5 Å². The van der Waals surface area contributed by atoms with Crippen LogP contribution in [-0.4, -0.2) is 9.97 Å². The lowest BCUT2D eigenvalue weighted by Crippen LogP contribution is -1.87. The summed E-state index contributed by atoms with van der Waals surface area (Å²) in [6.07, 6.45) is 3.50. The number of rotatable bonds is 1. The topological polar surface area (TPSA) is 52.5 Å². The van der Waals surface area contributed by atoms with Crippen LogP contribution in [0.1, 0.15) is 5.56 Å². The fraction of sp³-hybridized carbons (Fsp3) is 0. The average Bonchev–Trinajstić information content (AvgIpc) is 2.82. The van der Waals surface area contributed by atoms with E-state index in [1.807, 2.05) is 30.5 Å². The smallest absolute Gasteiger partial charge is 0.147 e. The summed E-state index contributed by atoms with van der Waals surface area (Å²) in [5, 5.41) is 10.5. The average molecular weight is 254 g/mol. The molecule has 0 aliphatic heterocycles. The predicted octanol–water partition coefficient (Wildman–Crippen LogP) is 3.75. The summed E-state index contributed by atoms with van der Waals surface area (Å²) in [6.45, 7) is 0. The van der Waals surface area contributed by atoms with Gasteiger partial charge in [0.05, 0.1) is 5.56 Å². The highest BCUT2D eigenvalue weighted by Crippen LogP contribution is 2.32. The Labute approximate surface area is 109 Å².